The van der Waals surface area contributed by atoms with Crippen LogP contribution in [-0.4, -0.2) is 9.55 Å². The lowest BCUT2D eigenvalue weighted by molar-refractivity contribution is 1.05. The summed E-state index contributed by atoms with van der Waals surface area (Å²) in [5.74, 6) is 0. The van der Waals surface area contributed by atoms with Crippen LogP contribution in [0.25, 0.3) is 5.69 Å². The number of nitrogens with zero attached hydrogens (tertiary/aromatic N) is 2. The molecule has 1 heterocycles. The summed E-state index contributed by atoms with van der Waals surface area (Å²) in [6.07, 6.45) is 4.86. The Morgan fingerprint density at radius 2 is 2.46 bits per heavy atom. The van der Waals surface area contributed by atoms with Crippen LogP contribution in [-0.2, 0) is 6.42 Å². The second-order valence-corrected chi connectivity index (χ2v) is 2.89. The van der Waals surface area contributed by atoms with Crippen molar-refractivity contribution in [3.63, 3.8) is 0 Å². The maximum atomic E-state index is 4.26. The minimum atomic E-state index is 0.976. The molecule has 0 aliphatic heterocycles. The van der Waals surface area contributed by atoms with E-state index in [4.69, 9.17) is 0 Å². The predicted octanol–water partition coefficient (Wildman–Crippen LogP) is 2.23. The smallest absolute Gasteiger partial charge is 0.0995 e. The van der Waals surface area contributed by atoms with Gasteiger partial charge in [0.25, 0.3) is 0 Å². The van der Waals surface area contributed by atoms with Gasteiger partial charge in [0.2, 0.25) is 0 Å². The average molecular weight is 171 g/mol. The summed E-state index contributed by atoms with van der Waals surface area (Å²) in [5, 5.41) is 0. The summed E-state index contributed by atoms with van der Waals surface area (Å²) in [7, 11) is 0. The van der Waals surface area contributed by atoms with E-state index < -0.39 is 0 Å². The molecule has 0 saturated heterocycles. The van der Waals surface area contributed by atoms with Gasteiger partial charge in [0.15, 0.2) is 0 Å². The van der Waals surface area contributed by atoms with Crippen LogP contribution in [0.15, 0.2) is 36.8 Å². The SMILES string of the molecule is CCc1cn(-c2c[c]ccc2)cn1. The van der Waals surface area contributed by atoms with Crippen LogP contribution < -0.4 is 0 Å². The fourth-order valence-electron chi connectivity index (χ4n) is 1.23. The number of rotatable bonds is 2. The van der Waals surface area contributed by atoms with E-state index in [0.717, 1.165) is 17.8 Å². The largest absolute Gasteiger partial charge is 0.306 e. The zero-order chi connectivity index (χ0) is 9.10. The quantitative estimate of drug-likeness (QED) is 0.677. The first-order valence-corrected chi connectivity index (χ1v) is 4.39. The molecule has 13 heavy (non-hydrogen) atoms. The second-order valence-electron chi connectivity index (χ2n) is 2.89. The molecule has 0 N–H and O–H groups in total. The maximum absolute atomic E-state index is 4.26. The number of hydrogen-bond donors (Lipinski definition) is 0. The summed E-state index contributed by atoms with van der Waals surface area (Å²) < 4.78 is 2.01. The fourth-order valence-corrected chi connectivity index (χ4v) is 1.23. The van der Waals surface area contributed by atoms with Crippen molar-refractivity contribution >= 4 is 0 Å². The summed E-state index contributed by atoms with van der Waals surface area (Å²) in [4.78, 5) is 4.26. The zero-order valence-corrected chi connectivity index (χ0v) is 7.57. The molecule has 0 fully saturated rings. The van der Waals surface area contributed by atoms with Crippen molar-refractivity contribution in [2.75, 3.05) is 0 Å². The van der Waals surface area contributed by atoms with Crippen molar-refractivity contribution in [3.05, 3.63) is 48.5 Å². The number of aromatic nitrogens is 2. The van der Waals surface area contributed by atoms with Crippen LogP contribution in [0.2, 0.25) is 0 Å². The van der Waals surface area contributed by atoms with Crippen LogP contribution in [0.3, 0.4) is 0 Å². The summed E-state index contributed by atoms with van der Waals surface area (Å²) in [6, 6.07) is 10.9. The Morgan fingerprint density at radius 3 is 3.08 bits per heavy atom. The van der Waals surface area contributed by atoms with E-state index in [0.29, 0.717) is 0 Å². The van der Waals surface area contributed by atoms with Crippen molar-refractivity contribution in [1.82, 2.24) is 9.55 Å². The van der Waals surface area contributed by atoms with E-state index >= 15 is 0 Å². The van der Waals surface area contributed by atoms with E-state index in [-0.39, 0.29) is 0 Å². The molecule has 1 radical (unpaired) electrons. The number of benzene rings is 1. The first kappa shape index (κ1) is 8.05. The molecule has 1 aromatic heterocycles. The lowest BCUT2D eigenvalue weighted by Gasteiger charge is -1.98. The van der Waals surface area contributed by atoms with Crippen LogP contribution >= 0.6 is 0 Å². The molecule has 0 aliphatic carbocycles. The highest BCUT2D eigenvalue weighted by atomic mass is 15.0. The molecule has 0 aliphatic rings. The van der Waals surface area contributed by atoms with Gasteiger partial charge in [-0.1, -0.05) is 19.1 Å². The third-order valence-corrected chi connectivity index (χ3v) is 1.99. The standard InChI is InChI=1S/C11H11N2/c1-2-10-8-13(9-12-10)11-6-4-3-5-7-11/h3-4,6-9H,2H2,1H3. The van der Waals surface area contributed by atoms with E-state index in [1.807, 2.05) is 41.4 Å². The van der Waals surface area contributed by atoms with E-state index in [2.05, 4.69) is 18.0 Å². The van der Waals surface area contributed by atoms with Gasteiger partial charge in [-0.2, -0.15) is 0 Å². The molecule has 2 heteroatoms. The van der Waals surface area contributed by atoms with E-state index in [1.54, 1.807) is 0 Å². The normalized spacial score (nSPS) is 10.2. The Balaban J connectivity index is 2.36. The highest BCUT2D eigenvalue weighted by Crippen LogP contribution is 2.07. The van der Waals surface area contributed by atoms with E-state index in [9.17, 15) is 0 Å². The molecule has 0 saturated carbocycles. The van der Waals surface area contributed by atoms with Crippen molar-refractivity contribution in [2.45, 2.75) is 13.3 Å². The van der Waals surface area contributed by atoms with Gasteiger partial charge in [0.1, 0.15) is 0 Å². The molecule has 2 rings (SSSR count). The summed E-state index contributed by atoms with van der Waals surface area (Å²) in [6.45, 7) is 2.10. The fraction of sp³-hybridized carbons (Fsp3) is 0.182. The predicted molar refractivity (Wildman–Crippen MR) is 51.8 cm³/mol. The highest BCUT2D eigenvalue weighted by Gasteiger charge is 1.96. The van der Waals surface area contributed by atoms with Crippen molar-refractivity contribution in [2.24, 2.45) is 0 Å². The Kier molecular flexibility index (Phi) is 2.13. The molecule has 0 amide bonds. The summed E-state index contributed by atoms with van der Waals surface area (Å²) >= 11 is 0. The van der Waals surface area contributed by atoms with Crippen LogP contribution in [0.5, 0.6) is 0 Å². The van der Waals surface area contributed by atoms with Crippen molar-refractivity contribution in [3.8, 4) is 5.69 Å². The minimum Gasteiger partial charge on any atom is -0.306 e. The maximum Gasteiger partial charge on any atom is 0.0995 e. The first-order chi connectivity index (χ1) is 6.40. The van der Waals surface area contributed by atoms with Gasteiger partial charge in [-0.15, -0.1) is 0 Å². The van der Waals surface area contributed by atoms with Gasteiger partial charge in [-0.25, -0.2) is 4.98 Å². The topological polar surface area (TPSA) is 17.8 Å². The van der Waals surface area contributed by atoms with Gasteiger partial charge in [0.05, 0.1) is 12.0 Å². The minimum absolute atomic E-state index is 0.976. The van der Waals surface area contributed by atoms with Gasteiger partial charge in [0, 0.05) is 11.9 Å². The Labute approximate surface area is 77.9 Å². The lowest BCUT2D eigenvalue weighted by Crippen LogP contribution is -1.88. The number of aryl methyl sites for hydroxylation is 1. The number of imidazole rings is 1. The third-order valence-electron chi connectivity index (χ3n) is 1.99. The Hall–Kier alpha value is -1.57. The second kappa shape index (κ2) is 3.44. The number of hydrogen-bond acceptors (Lipinski definition) is 1. The van der Waals surface area contributed by atoms with Crippen LogP contribution in [0.1, 0.15) is 12.6 Å². The zero-order valence-electron chi connectivity index (χ0n) is 7.57. The van der Waals surface area contributed by atoms with Gasteiger partial charge in [-0.3, -0.25) is 0 Å². The molecule has 0 spiro atoms. The molecule has 0 unspecified atom stereocenters. The monoisotopic (exact) mass is 171 g/mol. The molecular weight excluding hydrogens is 160 g/mol. The molecule has 1 aromatic carbocycles. The molecule has 0 atom stereocenters. The molecule has 0 bridgehead atoms. The lowest BCUT2D eigenvalue weighted by atomic mass is 10.3. The third kappa shape index (κ3) is 1.61. The molecule has 2 nitrogen and oxygen atoms in total. The highest BCUT2D eigenvalue weighted by molar-refractivity contribution is 5.30. The van der Waals surface area contributed by atoms with E-state index in [1.165, 1.54) is 0 Å². The van der Waals surface area contributed by atoms with Gasteiger partial charge >= 0.3 is 0 Å². The molecule has 65 valence electrons. The Bertz CT molecular complexity index is 376. The molecule has 2 aromatic rings. The van der Waals surface area contributed by atoms with Crippen molar-refractivity contribution < 1.29 is 0 Å². The Morgan fingerprint density at radius 1 is 1.54 bits per heavy atom. The molecular formula is C11H11N2. The van der Waals surface area contributed by atoms with Gasteiger partial charge < -0.3 is 4.57 Å². The first-order valence-electron chi connectivity index (χ1n) is 4.39. The van der Waals surface area contributed by atoms with Crippen molar-refractivity contribution in [1.29, 1.82) is 0 Å². The summed E-state index contributed by atoms with van der Waals surface area (Å²) in [5.41, 5.74) is 2.22. The van der Waals surface area contributed by atoms with Gasteiger partial charge in [-0.05, 0) is 24.6 Å². The van der Waals surface area contributed by atoms with Crippen LogP contribution in [0.4, 0.5) is 0 Å². The van der Waals surface area contributed by atoms with Crippen LogP contribution in [0, 0.1) is 6.07 Å². The average Bonchev–Trinajstić information content (AvgIpc) is 2.67.